The van der Waals surface area contributed by atoms with Crippen LogP contribution in [0.25, 0.3) is 0 Å². The molecule has 0 saturated heterocycles. The molecule has 2 N–H and O–H groups in total. The molecule has 0 fully saturated rings. The second-order valence-electron chi connectivity index (χ2n) is 3.99. The first-order valence-electron chi connectivity index (χ1n) is 5.52. The number of ether oxygens (including phenoxy) is 1. The van der Waals surface area contributed by atoms with E-state index in [0.29, 0.717) is 10.6 Å². The van der Waals surface area contributed by atoms with E-state index in [1.165, 1.54) is 18.3 Å². The van der Waals surface area contributed by atoms with E-state index in [4.69, 9.17) is 44.7 Å². The minimum absolute atomic E-state index is 0.0339. The molecule has 2 rings (SSSR count). The van der Waals surface area contributed by atoms with Crippen molar-refractivity contribution in [2.24, 2.45) is 5.14 Å². The normalized spacial score (nSPS) is 11.4. The summed E-state index contributed by atoms with van der Waals surface area (Å²) >= 11 is 17.8. The maximum Gasteiger partial charge on any atom is 0.239 e. The number of aromatic nitrogens is 1. The van der Waals surface area contributed by atoms with Crippen LogP contribution in [-0.4, -0.2) is 13.4 Å². The van der Waals surface area contributed by atoms with Gasteiger partial charge in [-0.3, -0.25) is 4.98 Å². The summed E-state index contributed by atoms with van der Waals surface area (Å²) in [6.07, 6.45) is 3.06. The summed E-state index contributed by atoms with van der Waals surface area (Å²) < 4.78 is 28.1. The zero-order valence-electron chi connectivity index (χ0n) is 10.4. The first kappa shape index (κ1) is 16.3. The van der Waals surface area contributed by atoms with Crippen LogP contribution in [0, 0.1) is 0 Å². The lowest BCUT2D eigenvalue weighted by Gasteiger charge is -2.11. The number of rotatable bonds is 4. The molecule has 2 aromatic rings. The lowest BCUT2D eigenvalue weighted by molar-refractivity contribution is 0.306. The molecule has 0 unspecified atom stereocenters. The highest BCUT2D eigenvalue weighted by atomic mass is 35.5. The summed E-state index contributed by atoms with van der Waals surface area (Å²) in [7, 11) is -3.95. The fourth-order valence-corrected chi connectivity index (χ4v) is 3.06. The van der Waals surface area contributed by atoms with Crippen LogP contribution in [0.4, 0.5) is 0 Å². The van der Waals surface area contributed by atoms with Gasteiger partial charge in [-0.2, -0.15) is 0 Å². The molecule has 0 spiro atoms. The van der Waals surface area contributed by atoms with Crippen molar-refractivity contribution < 1.29 is 13.2 Å². The summed E-state index contributed by atoms with van der Waals surface area (Å²) in [5.74, 6) is 0.224. The summed E-state index contributed by atoms with van der Waals surface area (Å²) in [6.45, 7) is 0.131. The Morgan fingerprint density at radius 1 is 1.14 bits per heavy atom. The molecule has 0 saturated carbocycles. The fraction of sp³-hybridized carbons (Fsp3) is 0.0833. The van der Waals surface area contributed by atoms with Crippen molar-refractivity contribution >= 4 is 44.8 Å². The number of hydrogen-bond donors (Lipinski definition) is 1. The number of nitrogens with two attached hydrogens (primary N) is 1. The highest BCUT2D eigenvalue weighted by Gasteiger charge is 2.18. The van der Waals surface area contributed by atoms with Gasteiger partial charge in [0.2, 0.25) is 10.0 Å². The van der Waals surface area contributed by atoms with Gasteiger partial charge in [-0.05, 0) is 18.2 Å². The van der Waals surface area contributed by atoms with Crippen molar-refractivity contribution in [3.63, 3.8) is 0 Å². The molecule has 9 heteroatoms. The van der Waals surface area contributed by atoms with Crippen molar-refractivity contribution in [1.29, 1.82) is 0 Å². The zero-order valence-corrected chi connectivity index (χ0v) is 13.5. The summed E-state index contributed by atoms with van der Waals surface area (Å²) in [5, 5.41) is 5.25. The third-order valence-corrected chi connectivity index (χ3v) is 4.83. The van der Waals surface area contributed by atoms with E-state index in [1.807, 2.05) is 0 Å². The average molecular weight is 368 g/mol. The van der Waals surface area contributed by atoms with Gasteiger partial charge in [-0.1, -0.05) is 34.8 Å². The average Bonchev–Trinajstić information content (AvgIpc) is 2.40. The molecular formula is C12H9Cl3N2O3S. The van der Waals surface area contributed by atoms with Crippen LogP contribution in [-0.2, 0) is 16.6 Å². The Hall–Kier alpha value is -1.05. The first-order valence-corrected chi connectivity index (χ1v) is 8.20. The standard InChI is InChI=1S/C12H9Cl3N2O3S/c13-8-5-17-4-3-7(8)6-20-9-1-2-10(21(16,18)19)12(15)11(9)14/h1-5H,6H2,(H2,16,18,19). The number of nitrogens with zero attached hydrogens (tertiary/aromatic N) is 1. The first-order chi connectivity index (χ1) is 9.80. The zero-order chi connectivity index (χ0) is 15.6. The number of halogens is 3. The molecular weight excluding hydrogens is 359 g/mol. The van der Waals surface area contributed by atoms with Gasteiger partial charge in [0.25, 0.3) is 0 Å². The van der Waals surface area contributed by atoms with Gasteiger partial charge in [0.05, 0.1) is 10.0 Å². The Kier molecular flexibility index (Phi) is 4.95. The van der Waals surface area contributed by atoms with Gasteiger partial charge in [0, 0.05) is 18.0 Å². The summed E-state index contributed by atoms with van der Waals surface area (Å²) in [6, 6.07) is 4.30. The molecule has 5 nitrogen and oxygen atoms in total. The van der Waals surface area contributed by atoms with Crippen LogP contribution in [0.1, 0.15) is 5.56 Å². The van der Waals surface area contributed by atoms with Crippen molar-refractivity contribution in [1.82, 2.24) is 4.98 Å². The van der Waals surface area contributed by atoms with Crippen LogP contribution >= 0.6 is 34.8 Å². The predicted octanol–water partition coefficient (Wildman–Crippen LogP) is 3.27. The molecule has 1 aromatic carbocycles. The monoisotopic (exact) mass is 366 g/mol. The fourth-order valence-electron chi connectivity index (χ4n) is 1.52. The van der Waals surface area contributed by atoms with Gasteiger partial charge < -0.3 is 4.74 Å². The molecule has 1 heterocycles. The van der Waals surface area contributed by atoms with Crippen molar-refractivity contribution in [2.45, 2.75) is 11.5 Å². The van der Waals surface area contributed by atoms with Crippen molar-refractivity contribution in [2.75, 3.05) is 0 Å². The summed E-state index contributed by atoms with van der Waals surface area (Å²) in [4.78, 5) is 3.59. The summed E-state index contributed by atoms with van der Waals surface area (Å²) in [5.41, 5.74) is 0.703. The van der Waals surface area contributed by atoms with E-state index in [9.17, 15) is 8.42 Å². The molecule has 112 valence electrons. The van der Waals surface area contributed by atoms with Crippen molar-refractivity contribution in [3.8, 4) is 5.75 Å². The van der Waals surface area contributed by atoms with E-state index >= 15 is 0 Å². The number of primary sulfonamides is 1. The number of benzene rings is 1. The Labute approximate surface area is 136 Å². The molecule has 1 aromatic heterocycles. The molecule has 0 amide bonds. The molecule has 0 atom stereocenters. The van der Waals surface area contributed by atoms with Gasteiger partial charge in [0.1, 0.15) is 22.3 Å². The quantitative estimate of drug-likeness (QED) is 0.899. The van der Waals surface area contributed by atoms with E-state index in [2.05, 4.69) is 4.98 Å². The van der Waals surface area contributed by atoms with E-state index in [0.717, 1.165) is 0 Å². The molecule has 0 radical (unpaired) electrons. The van der Waals surface area contributed by atoms with Crippen LogP contribution < -0.4 is 9.88 Å². The SMILES string of the molecule is NS(=O)(=O)c1ccc(OCc2ccncc2Cl)c(Cl)c1Cl. The van der Waals surface area contributed by atoms with Gasteiger partial charge >= 0.3 is 0 Å². The second-order valence-corrected chi connectivity index (χ2v) is 6.68. The van der Waals surface area contributed by atoms with Gasteiger partial charge in [0.15, 0.2) is 0 Å². The maximum absolute atomic E-state index is 11.3. The molecule has 0 aliphatic carbocycles. The van der Waals surface area contributed by atoms with Crippen LogP contribution in [0.3, 0.4) is 0 Å². The molecule has 0 bridgehead atoms. The topological polar surface area (TPSA) is 82.3 Å². The molecule has 0 aliphatic rings. The third-order valence-electron chi connectivity index (χ3n) is 2.56. The van der Waals surface area contributed by atoms with Gasteiger partial charge in [-0.25, -0.2) is 13.6 Å². The minimum Gasteiger partial charge on any atom is -0.487 e. The smallest absolute Gasteiger partial charge is 0.239 e. The highest BCUT2D eigenvalue weighted by Crippen LogP contribution is 2.36. The number of pyridine rings is 1. The highest BCUT2D eigenvalue weighted by molar-refractivity contribution is 7.89. The number of hydrogen-bond acceptors (Lipinski definition) is 4. The third kappa shape index (κ3) is 3.78. The minimum atomic E-state index is -3.95. The number of sulfonamides is 1. The molecule has 21 heavy (non-hydrogen) atoms. The predicted molar refractivity (Wildman–Crippen MR) is 81.4 cm³/mol. The van der Waals surface area contributed by atoms with E-state index < -0.39 is 10.0 Å². The molecule has 0 aliphatic heterocycles. The lowest BCUT2D eigenvalue weighted by Crippen LogP contribution is -2.13. The van der Waals surface area contributed by atoms with Crippen LogP contribution in [0.5, 0.6) is 5.75 Å². The Balaban J connectivity index is 2.27. The van der Waals surface area contributed by atoms with Crippen LogP contribution in [0.15, 0.2) is 35.5 Å². The second kappa shape index (κ2) is 6.37. The maximum atomic E-state index is 11.3. The largest absolute Gasteiger partial charge is 0.487 e. The van der Waals surface area contributed by atoms with Gasteiger partial charge in [-0.15, -0.1) is 0 Å². The Morgan fingerprint density at radius 2 is 1.86 bits per heavy atom. The van der Waals surface area contributed by atoms with E-state index in [-0.39, 0.29) is 27.3 Å². The Bertz CT molecular complexity index is 781. The van der Waals surface area contributed by atoms with Crippen LogP contribution in [0.2, 0.25) is 15.1 Å². The Morgan fingerprint density at radius 3 is 2.48 bits per heavy atom. The van der Waals surface area contributed by atoms with Crippen molar-refractivity contribution in [3.05, 3.63) is 51.2 Å². The lowest BCUT2D eigenvalue weighted by atomic mass is 10.3. The van der Waals surface area contributed by atoms with E-state index in [1.54, 1.807) is 12.3 Å².